The molecule has 1 aliphatic heterocycles. The van der Waals surface area contributed by atoms with Crippen LogP contribution in [0.1, 0.15) is 85.5 Å². The molecule has 0 spiro atoms. The molecule has 6 heteroatoms. The SMILES string of the molecule is CC(C)CNC(=S)N(C)C(=O)N1C(=O)CC[C@@]2(C)C1CC[C@@H]1[C@H]2CC[C@]2(C)CCC[C@@H]12. The lowest BCUT2D eigenvalue weighted by atomic mass is 9.47. The number of hydrogen-bond acceptors (Lipinski definition) is 3. The van der Waals surface area contributed by atoms with Gasteiger partial charge >= 0.3 is 6.03 Å². The zero-order valence-electron chi connectivity index (χ0n) is 20.1. The Bertz CT molecular complexity index is 755. The average molecular weight is 448 g/mol. The molecule has 0 aromatic carbocycles. The highest BCUT2D eigenvalue weighted by Gasteiger charge is 2.60. The van der Waals surface area contributed by atoms with Crippen molar-refractivity contribution in [3.8, 4) is 0 Å². The van der Waals surface area contributed by atoms with Gasteiger partial charge in [0.1, 0.15) is 0 Å². The van der Waals surface area contributed by atoms with Crippen molar-refractivity contribution in [2.24, 2.45) is 34.5 Å². The second-order valence-corrected chi connectivity index (χ2v) is 12.1. The second-order valence-electron chi connectivity index (χ2n) is 11.7. The Kier molecular flexibility index (Phi) is 6.17. The van der Waals surface area contributed by atoms with Crippen LogP contribution in [0.3, 0.4) is 0 Å². The van der Waals surface area contributed by atoms with Crippen LogP contribution in [-0.2, 0) is 4.79 Å². The number of piperidine rings is 1. The van der Waals surface area contributed by atoms with E-state index >= 15 is 0 Å². The van der Waals surface area contributed by atoms with Crippen LogP contribution in [0, 0.1) is 34.5 Å². The van der Waals surface area contributed by atoms with Gasteiger partial charge in [-0.2, -0.15) is 0 Å². The van der Waals surface area contributed by atoms with E-state index in [0.717, 1.165) is 37.6 Å². The van der Waals surface area contributed by atoms with Gasteiger partial charge in [0.2, 0.25) is 5.91 Å². The molecule has 5 nitrogen and oxygen atoms in total. The number of likely N-dealkylation sites (tertiary alicyclic amines) is 1. The van der Waals surface area contributed by atoms with Gasteiger partial charge in [0, 0.05) is 26.1 Å². The van der Waals surface area contributed by atoms with E-state index in [9.17, 15) is 9.59 Å². The van der Waals surface area contributed by atoms with Crippen LogP contribution >= 0.6 is 12.2 Å². The molecule has 0 aromatic rings. The summed E-state index contributed by atoms with van der Waals surface area (Å²) in [7, 11) is 1.70. The number of hydrogen-bond donors (Lipinski definition) is 1. The Balaban J connectivity index is 1.55. The van der Waals surface area contributed by atoms with Crippen LogP contribution in [0.15, 0.2) is 0 Å². The van der Waals surface area contributed by atoms with E-state index in [4.69, 9.17) is 12.2 Å². The van der Waals surface area contributed by atoms with Crippen molar-refractivity contribution >= 4 is 29.3 Å². The van der Waals surface area contributed by atoms with Crippen LogP contribution in [0.5, 0.6) is 0 Å². The number of amides is 3. The molecule has 3 aliphatic carbocycles. The lowest BCUT2D eigenvalue weighted by Crippen LogP contribution is -2.65. The number of carbonyl (C=O) groups is 2. The summed E-state index contributed by atoms with van der Waals surface area (Å²) in [4.78, 5) is 29.6. The molecule has 3 saturated carbocycles. The first-order chi connectivity index (χ1) is 14.6. The number of nitrogens with zero attached hydrogens (tertiary/aromatic N) is 2. The summed E-state index contributed by atoms with van der Waals surface area (Å²) in [5, 5.41) is 3.58. The fourth-order valence-corrected chi connectivity index (χ4v) is 7.94. The van der Waals surface area contributed by atoms with Crippen LogP contribution in [0.4, 0.5) is 4.79 Å². The largest absolute Gasteiger partial charge is 0.362 e. The highest BCUT2D eigenvalue weighted by molar-refractivity contribution is 7.80. The number of carbonyl (C=O) groups excluding carboxylic acids is 2. The standard InChI is InChI=1S/C25H41N3O2S/c1-16(2)15-26-22(31)27(5)23(30)28-20-9-8-17-18-7-6-12-24(18,3)13-10-19(17)25(20,4)14-11-21(28)29/h16-20H,6-15H2,1-5H3,(H,26,31)/t17-,18-,19+,20?,24-,25+/m0/s1. The molecule has 1 saturated heterocycles. The molecule has 4 rings (SSSR count). The van der Waals surface area contributed by atoms with Crippen LogP contribution in [0.2, 0.25) is 0 Å². The minimum Gasteiger partial charge on any atom is -0.362 e. The number of imide groups is 1. The molecule has 31 heavy (non-hydrogen) atoms. The lowest BCUT2D eigenvalue weighted by molar-refractivity contribution is -0.153. The highest BCUT2D eigenvalue weighted by atomic mass is 32.1. The molecular formula is C25H41N3O2S. The number of nitrogens with one attached hydrogen (secondary N) is 1. The lowest BCUT2D eigenvalue weighted by Gasteiger charge is -2.61. The quantitative estimate of drug-likeness (QED) is 0.592. The smallest absolute Gasteiger partial charge is 0.332 e. The molecule has 1 heterocycles. The zero-order chi connectivity index (χ0) is 22.6. The highest BCUT2D eigenvalue weighted by Crippen LogP contribution is 2.64. The number of urea groups is 1. The maximum atomic E-state index is 13.5. The van der Waals surface area contributed by atoms with Crippen LogP contribution in [-0.4, -0.2) is 46.5 Å². The summed E-state index contributed by atoms with van der Waals surface area (Å²) >= 11 is 5.47. The van der Waals surface area contributed by atoms with E-state index in [1.165, 1.54) is 37.0 Å². The molecule has 4 aliphatic rings. The summed E-state index contributed by atoms with van der Waals surface area (Å²) in [6.45, 7) is 9.84. The predicted molar refractivity (Wildman–Crippen MR) is 127 cm³/mol. The maximum Gasteiger partial charge on any atom is 0.332 e. The van der Waals surface area contributed by atoms with Crippen molar-refractivity contribution in [1.29, 1.82) is 0 Å². The average Bonchev–Trinajstić information content (AvgIpc) is 3.13. The summed E-state index contributed by atoms with van der Waals surface area (Å²) in [6, 6.07) is -0.245. The molecule has 0 radical (unpaired) electrons. The van der Waals surface area contributed by atoms with E-state index < -0.39 is 0 Å². The van der Waals surface area contributed by atoms with E-state index in [0.29, 0.717) is 28.8 Å². The predicted octanol–water partition coefficient (Wildman–Crippen LogP) is 5.19. The fraction of sp³-hybridized carbons (Fsp3) is 0.880. The van der Waals surface area contributed by atoms with Crippen molar-refractivity contribution in [1.82, 2.24) is 15.1 Å². The normalized spacial score (nSPS) is 39.5. The number of fused-ring (bicyclic) bond motifs is 5. The van der Waals surface area contributed by atoms with E-state index in [-0.39, 0.29) is 23.4 Å². The van der Waals surface area contributed by atoms with Crippen LogP contribution < -0.4 is 5.32 Å². The van der Waals surface area contributed by atoms with E-state index in [1.807, 2.05) is 0 Å². The zero-order valence-corrected chi connectivity index (χ0v) is 20.9. The Hall–Kier alpha value is -1.17. The minimum absolute atomic E-state index is 0.00334. The molecular weight excluding hydrogens is 406 g/mol. The van der Waals surface area contributed by atoms with Gasteiger partial charge in [-0.1, -0.05) is 34.1 Å². The van der Waals surface area contributed by atoms with Gasteiger partial charge in [-0.25, -0.2) is 4.79 Å². The van der Waals surface area contributed by atoms with Gasteiger partial charge in [0.15, 0.2) is 5.11 Å². The van der Waals surface area contributed by atoms with Gasteiger partial charge in [-0.05, 0) is 91.7 Å². The molecule has 0 aromatic heterocycles. The Labute approximate surface area is 193 Å². The third-order valence-electron chi connectivity index (χ3n) is 9.52. The first-order valence-electron chi connectivity index (χ1n) is 12.5. The minimum atomic E-state index is -0.248. The first kappa shape index (κ1) is 23.0. The van der Waals surface area contributed by atoms with Crippen LogP contribution in [0.25, 0.3) is 0 Å². The molecule has 1 unspecified atom stereocenters. The summed E-state index contributed by atoms with van der Waals surface area (Å²) in [6.07, 6.45) is 10.2. The monoisotopic (exact) mass is 447 g/mol. The van der Waals surface area contributed by atoms with E-state index in [1.54, 1.807) is 11.9 Å². The van der Waals surface area contributed by atoms with Crippen molar-refractivity contribution < 1.29 is 9.59 Å². The fourth-order valence-electron chi connectivity index (χ4n) is 7.77. The second kappa shape index (κ2) is 8.31. The third kappa shape index (κ3) is 3.81. The molecule has 3 amide bonds. The Morgan fingerprint density at radius 1 is 1.16 bits per heavy atom. The Morgan fingerprint density at radius 2 is 1.90 bits per heavy atom. The van der Waals surface area contributed by atoms with Gasteiger partial charge in [-0.15, -0.1) is 0 Å². The molecule has 1 N–H and O–H groups in total. The van der Waals surface area contributed by atoms with Gasteiger partial charge in [0.05, 0.1) is 0 Å². The van der Waals surface area contributed by atoms with Crippen molar-refractivity contribution in [2.45, 2.75) is 91.5 Å². The maximum absolute atomic E-state index is 13.5. The molecule has 0 bridgehead atoms. The summed E-state index contributed by atoms with van der Waals surface area (Å²) < 4.78 is 0. The Morgan fingerprint density at radius 3 is 2.61 bits per heavy atom. The topological polar surface area (TPSA) is 52.7 Å². The van der Waals surface area contributed by atoms with Gasteiger partial charge in [-0.3, -0.25) is 14.6 Å². The van der Waals surface area contributed by atoms with Gasteiger partial charge in [0.25, 0.3) is 0 Å². The summed E-state index contributed by atoms with van der Waals surface area (Å²) in [5.74, 6) is 2.64. The molecule has 6 atom stereocenters. The number of thiocarbonyl (C=S) groups is 1. The summed E-state index contributed by atoms with van der Waals surface area (Å²) in [5.41, 5.74) is 0.559. The van der Waals surface area contributed by atoms with Gasteiger partial charge < -0.3 is 5.32 Å². The van der Waals surface area contributed by atoms with Crippen molar-refractivity contribution in [3.63, 3.8) is 0 Å². The van der Waals surface area contributed by atoms with E-state index in [2.05, 4.69) is 33.0 Å². The number of rotatable bonds is 2. The third-order valence-corrected chi connectivity index (χ3v) is 9.94. The van der Waals surface area contributed by atoms with Crippen molar-refractivity contribution in [3.05, 3.63) is 0 Å². The van der Waals surface area contributed by atoms with Crippen molar-refractivity contribution in [2.75, 3.05) is 13.6 Å². The molecule has 4 fully saturated rings. The first-order valence-corrected chi connectivity index (χ1v) is 12.9. The molecule has 174 valence electrons.